The van der Waals surface area contributed by atoms with Gasteiger partial charge in [0, 0.05) is 5.69 Å². The molecule has 1 aromatic carbocycles. The first-order valence-electron chi connectivity index (χ1n) is 6.04. The van der Waals surface area contributed by atoms with Gasteiger partial charge in [0.2, 0.25) is 0 Å². The number of aliphatic carboxylic acids is 1. The molecule has 0 aliphatic carbocycles. The lowest BCUT2D eigenvalue weighted by Gasteiger charge is -2.07. The van der Waals surface area contributed by atoms with E-state index in [1.54, 1.807) is 0 Å². The van der Waals surface area contributed by atoms with Gasteiger partial charge in [-0.3, -0.25) is 4.79 Å². The molecule has 19 heavy (non-hydrogen) atoms. The van der Waals surface area contributed by atoms with Gasteiger partial charge in [-0.1, -0.05) is 0 Å². The van der Waals surface area contributed by atoms with Crippen LogP contribution < -0.4 is 4.74 Å². The molecule has 1 heterocycles. The van der Waals surface area contributed by atoms with Crippen LogP contribution in [0.4, 0.5) is 0 Å². The highest BCUT2D eigenvalue weighted by molar-refractivity contribution is 5.66. The second kappa shape index (κ2) is 5.56. The SMILES string of the molecule is Cc1cc(C)n(-c2ccc(OCCC(=O)O)cc2)n1. The van der Waals surface area contributed by atoms with Crippen molar-refractivity contribution in [1.29, 1.82) is 0 Å². The van der Waals surface area contributed by atoms with Gasteiger partial charge in [0.05, 0.1) is 24.4 Å². The Morgan fingerprint density at radius 3 is 2.53 bits per heavy atom. The summed E-state index contributed by atoms with van der Waals surface area (Å²) in [6.45, 7) is 4.12. The van der Waals surface area contributed by atoms with Crippen LogP contribution in [0, 0.1) is 13.8 Å². The van der Waals surface area contributed by atoms with E-state index in [9.17, 15) is 4.79 Å². The number of nitrogens with zero attached hydrogens (tertiary/aromatic N) is 2. The lowest BCUT2D eigenvalue weighted by atomic mass is 10.3. The molecule has 0 saturated carbocycles. The van der Waals surface area contributed by atoms with E-state index < -0.39 is 5.97 Å². The van der Waals surface area contributed by atoms with Gasteiger partial charge in [0.15, 0.2) is 0 Å². The maximum Gasteiger partial charge on any atom is 0.306 e. The molecule has 2 rings (SSSR count). The van der Waals surface area contributed by atoms with Crippen molar-refractivity contribution in [2.75, 3.05) is 6.61 Å². The zero-order valence-corrected chi connectivity index (χ0v) is 11.0. The second-order valence-corrected chi connectivity index (χ2v) is 4.33. The highest BCUT2D eigenvalue weighted by atomic mass is 16.5. The van der Waals surface area contributed by atoms with E-state index in [4.69, 9.17) is 9.84 Å². The normalized spacial score (nSPS) is 10.4. The third kappa shape index (κ3) is 3.34. The van der Waals surface area contributed by atoms with Crippen molar-refractivity contribution < 1.29 is 14.6 Å². The van der Waals surface area contributed by atoms with Crippen LogP contribution in [0.1, 0.15) is 17.8 Å². The highest BCUT2D eigenvalue weighted by Crippen LogP contribution is 2.17. The lowest BCUT2D eigenvalue weighted by molar-refractivity contribution is -0.137. The van der Waals surface area contributed by atoms with E-state index in [0.717, 1.165) is 17.1 Å². The Balaban J connectivity index is 2.06. The number of carboxylic acid groups (broad SMARTS) is 1. The highest BCUT2D eigenvalue weighted by Gasteiger charge is 2.04. The summed E-state index contributed by atoms with van der Waals surface area (Å²) in [7, 11) is 0. The van der Waals surface area contributed by atoms with E-state index in [-0.39, 0.29) is 13.0 Å². The summed E-state index contributed by atoms with van der Waals surface area (Å²) in [5.74, 6) is -0.203. The Labute approximate surface area is 111 Å². The first-order chi connectivity index (χ1) is 9.06. The van der Waals surface area contributed by atoms with Crippen molar-refractivity contribution in [3.8, 4) is 11.4 Å². The number of hydrogen-bond donors (Lipinski definition) is 1. The summed E-state index contributed by atoms with van der Waals surface area (Å²) in [6.07, 6.45) is -0.000783. The van der Waals surface area contributed by atoms with Crippen molar-refractivity contribution in [2.45, 2.75) is 20.3 Å². The molecule has 5 nitrogen and oxygen atoms in total. The van der Waals surface area contributed by atoms with Crippen LogP contribution in [0.5, 0.6) is 5.75 Å². The Bertz CT molecular complexity index is 573. The predicted octanol–water partition coefficient (Wildman–Crippen LogP) is 2.34. The van der Waals surface area contributed by atoms with Gasteiger partial charge in [-0.05, 0) is 44.2 Å². The predicted molar refractivity (Wildman–Crippen MR) is 70.8 cm³/mol. The number of carboxylic acids is 1. The van der Waals surface area contributed by atoms with Gasteiger partial charge < -0.3 is 9.84 Å². The van der Waals surface area contributed by atoms with Gasteiger partial charge in [-0.15, -0.1) is 0 Å². The summed E-state index contributed by atoms with van der Waals surface area (Å²) >= 11 is 0. The van der Waals surface area contributed by atoms with E-state index in [1.165, 1.54) is 0 Å². The number of hydrogen-bond acceptors (Lipinski definition) is 3. The molecule has 0 atom stereocenters. The fraction of sp³-hybridized carbons (Fsp3) is 0.286. The molecular formula is C14H16N2O3. The molecule has 0 fully saturated rings. The summed E-state index contributed by atoms with van der Waals surface area (Å²) in [5, 5.41) is 12.9. The van der Waals surface area contributed by atoms with E-state index in [1.807, 2.05) is 48.9 Å². The Morgan fingerprint density at radius 2 is 2.00 bits per heavy atom. The molecule has 1 aromatic heterocycles. The fourth-order valence-electron chi connectivity index (χ4n) is 1.83. The van der Waals surface area contributed by atoms with Gasteiger partial charge >= 0.3 is 5.97 Å². The van der Waals surface area contributed by atoms with Gasteiger partial charge in [-0.25, -0.2) is 4.68 Å². The monoisotopic (exact) mass is 260 g/mol. The first-order valence-corrected chi connectivity index (χ1v) is 6.04. The average Bonchev–Trinajstić information content (AvgIpc) is 2.69. The lowest BCUT2D eigenvalue weighted by Crippen LogP contribution is -2.05. The minimum Gasteiger partial charge on any atom is -0.493 e. The van der Waals surface area contributed by atoms with Gasteiger partial charge in [-0.2, -0.15) is 5.10 Å². The van der Waals surface area contributed by atoms with Crippen LogP contribution in [0.15, 0.2) is 30.3 Å². The number of carbonyl (C=O) groups is 1. The first kappa shape index (κ1) is 13.1. The number of ether oxygens (including phenoxy) is 1. The Hall–Kier alpha value is -2.30. The smallest absolute Gasteiger partial charge is 0.306 e. The van der Waals surface area contributed by atoms with E-state index in [2.05, 4.69) is 5.10 Å². The number of aromatic nitrogens is 2. The third-order valence-corrected chi connectivity index (χ3v) is 2.68. The average molecular weight is 260 g/mol. The summed E-state index contributed by atoms with van der Waals surface area (Å²) in [6, 6.07) is 9.43. The van der Waals surface area contributed by atoms with Crippen LogP contribution in [0.3, 0.4) is 0 Å². The standard InChI is InChI=1S/C14H16N2O3/c1-10-9-11(2)16(15-10)12-3-5-13(6-4-12)19-8-7-14(17)18/h3-6,9H,7-8H2,1-2H3,(H,17,18). The summed E-state index contributed by atoms with van der Waals surface area (Å²) < 4.78 is 7.19. The maximum atomic E-state index is 10.4. The second-order valence-electron chi connectivity index (χ2n) is 4.33. The van der Waals surface area contributed by atoms with E-state index >= 15 is 0 Å². The minimum absolute atomic E-state index is 0.000783. The molecule has 0 unspecified atom stereocenters. The molecule has 5 heteroatoms. The topological polar surface area (TPSA) is 64.3 Å². The molecule has 0 aliphatic rings. The van der Waals surface area contributed by atoms with Crippen LogP contribution >= 0.6 is 0 Å². The van der Waals surface area contributed by atoms with Crippen molar-refractivity contribution >= 4 is 5.97 Å². The van der Waals surface area contributed by atoms with Crippen LogP contribution in [-0.2, 0) is 4.79 Å². The summed E-state index contributed by atoms with van der Waals surface area (Å²) in [4.78, 5) is 10.4. The number of benzene rings is 1. The van der Waals surface area contributed by atoms with Crippen molar-refractivity contribution in [3.63, 3.8) is 0 Å². The summed E-state index contributed by atoms with van der Waals surface area (Å²) in [5.41, 5.74) is 2.99. The Kier molecular flexibility index (Phi) is 3.85. The largest absolute Gasteiger partial charge is 0.493 e. The molecule has 0 aliphatic heterocycles. The minimum atomic E-state index is -0.862. The molecule has 0 radical (unpaired) electrons. The van der Waals surface area contributed by atoms with E-state index in [0.29, 0.717) is 5.75 Å². The molecule has 0 bridgehead atoms. The van der Waals surface area contributed by atoms with Gasteiger partial charge in [0.25, 0.3) is 0 Å². The zero-order valence-electron chi connectivity index (χ0n) is 11.0. The van der Waals surface area contributed by atoms with Crippen molar-refractivity contribution in [2.24, 2.45) is 0 Å². The van der Waals surface area contributed by atoms with Crippen LogP contribution in [0.2, 0.25) is 0 Å². The molecule has 0 spiro atoms. The van der Waals surface area contributed by atoms with Crippen molar-refractivity contribution in [3.05, 3.63) is 41.7 Å². The molecular weight excluding hydrogens is 244 g/mol. The molecule has 0 saturated heterocycles. The third-order valence-electron chi connectivity index (χ3n) is 2.68. The fourth-order valence-corrected chi connectivity index (χ4v) is 1.83. The van der Waals surface area contributed by atoms with Crippen molar-refractivity contribution in [1.82, 2.24) is 9.78 Å². The maximum absolute atomic E-state index is 10.4. The quantitative estimate of drug-likeness (QED) is 0.896. The van der Waals surface area contributed by atoms with Crippen LogP contribution in [-0.4, -0.2) is 27.5 Å². The number of rotatable bonds is 5. The molecule has 2 aromatic rings. The Morgan fingerprint density at radius 1 is 1.32 bits per heavy atom. The zero-order chi connectivity index (χ0) is 13.8. The molecule has 1 N–H and O–H groups in total. The number of aryl methyl sites for hydroxylation is 2. The van der Waals surface area contributed by atoms with Gasteiger partial charge in [0.1, 0.15) is 5.75 Å². The van der Waals surface area contributed by atoms with Crippen LogP contribution in [0.25, 0.3) is 5.69 Å². The molecule has 0 amide bonds. The molecule has 100 valence electrons.